The van der Waals surface area contributed by atoms with E-state index in [1.54, 1.807) is 37.4 Å². The van der Waals surface area contributed by atoms with E-state index in [1.165, 1.54) is 7.11 Å². The molecule has 0 saturated carbocycles. The molecule has 2 amide bonds. The smallest absolute Gasteiger partial charge is 0.334 e. The van der Waals surface area contributed by atoms with Crippen molar-refractivity contribution in [1.29, 1.82) is 0 Å². The Kier molecular flexibility index (Phi) is 7.40. The van der Waals surface area contributed by atoms with Crippen molar-refractivity contribution in [3.8, 4) is 22.9 Å². The van der Waals surface area contributed by atoms with Crippen LogP contribution >= 0.6 is 11.9 Å². The van der Waals surface area contributed by atoms with E-state index in [4.69, 9.17) is 9.47 Å². The topological polar surface area (TPSA) is 132 Å². The molecule has 0 aliphatic carbocycles. The minimum atomic E-state index is -0.501. The zero-order valence-electron chi connectivity index (χ0n) is 17.1. The van der Waals surface area contributed by atoms with Crippen LogP contribution in [0.2, 0.25) is 0 Å². The number of anilines is 1. The summed E-state index contributed by atoms with van der Waals surface area (Å²) in [7, 11) is 3.08. The first kappa shape index (κ1) is 22.1. The van der Waals surface area contributed by atoms with Crippen LogP contribution in [0.4, 0.5) is 10.5 Å². The van der Waals surface area contributed by atoms with Crippen LogP contribution in [0.15, 0.2) is 42.5 Å². The van der Waals surface area contributed by atoms with Gasteiger partial charge in [0.2, 0.25) is 10.9 Å². The molecule has 0 spiro atoms. The molecule has 1 aromatic heterocycles. The zero-order valence-corrected chi connectivity index (χ0v) is 17.9. The van der Waals surface area contributed by atoms with Gasteiger partial charge in [-0.05, 0) is 42.5 Å². The number of hydrogen-bond acceptors (Lipinski definition) is 9. The molecule has 3 rings (SSSR count). The first-order chi connectivity index (χ1) is 15.0. The van der Waals surface area contributed by atoms with E-state index < -0.39 is 6.03 Å². The Hall–Kier alpha value is -3.64. The molecule has 0 aliphatic rings. The molecule has 11 nitrogen and oxygen atoms in total. The maximum Gasteiger partial charge on any atom is 0.334 e. The summed E-state index contributed by atoms with van der Waals surface area (Å²) in [6.45, 7) is 1.81. The Bertz CT molecular complexity index is 1060. The summed E-state index contributed by atoms with van der Waals surface area (Å²) >= 11 is 0.703. The zero-order chi connectivity index (χ0) is 22.2. The Balaban J connectivity index is 1.47. The molecular weight excluding hydrogens is 422 g/mol. The largest absolute Gasteiger partial charge is 0.493 e. The molecule has 0 saturated heterocycles. The number of nitrogens with one attached hydrogen (secondary N) is 3. The first-order valence-electron chi connectivity index (χ1n) is 9.07. The molecular formula is C19H21N7O4S. The summed E-state index contributed by atoms with van der Waals surface area (Å²) in [4.78, 5) is 27.6. The molecule has 162 valence electrons. The lowest BCUT2D eigenvalue weighted by Crippen LogP contribution is -2.37. The van der Waals surface area contributed by atoms with Gasteiger partial charge >= 0.3 is 6.03 Å². The summed E-state index contributed by atoms with van der Waals surface area (Å²) < 4.78 is 10.5. The average Bonchev–Trinajstić information content (AvgIpc) is 3.23. The van der Waals surface area contributed by atoms with Gasteiger partial charge in [-0.25, -0.2) is 4.79 Å². The Labute approximate surface area is 182 Å². The van der Waals surface area contributed by atoms with Crippen LogP contribution in [0, 0.1) is 6.92 Å². The number of aromatic nitrogens is 4. The van der Waals surface area contributed by atoms with Crippen LogP contribution in [0.1, 0.15) is 5.56 Å². The van der Waals surface area contributed by atoms with Crippen LogP contribution in [0.3, 0.4) is 0 Å². The molecule has 0 bridgehead atoms. The number of aryl methyl sites for hydroxylation is 1. The second-order valence-corrected chi connectivity index (χ2v) is 7.10. The monoisotopic (exact) mass is 443 g/mol. The fourth-order valence-electron chi connectivity index (χ4n) is 2.48. The molecule has 0 atom stereocenters. The minimum absolute atomic E-state index is 0.140. The summed E-state index contributed by atoms with van der Waals surface area (Å²) in [6, 6.07) is 12.0. The first-order valence-corrected chi connectivity index (χ1v) is 9.88. The molecule has 0 unspecified atom stereocenters. The van der Waals surface area contributed by atoms with Crippen molar-refractivity contribution in [3.05, 3.63) is 48.0 Å². The average molecular weight is 443 g/mol. The number of carbonyl (C=O) groups excluding carboxylic acids is 2. The highest BCUT2D eigenvalue weighted by Gasteiger charge is 2.13. The number of amides is 2. The van der Waals surface area contributed by atoms with E-state index >= 15 is 0 Å². The number of methoxy groups -OCH3 is 2. The SMILES string of the molecule is COc1ccc(-c2nnn(CC(=O)SNNC(=O)Nc3ccc(C)cc3)n2)cc1OC. The molecule has 0 fully saturated rings. The lowest BCUT2D eigenvalue weighted by Gasteiger charge is -2.08. The second kappa shape index (κ2) is 10.4. The third-order valence-electron chi connectivity index (χ3n) is 4.00. The van der Waals surface area contributed by atoms with Gasteiger partial charge in [0, 0.05) is 23.2 Å². The number of tetrazole rings is 1. The van der Waals surface area contributed by atoms with Crippen molar-refractivity contribution < 1.29 is 19.1 Å². The van der Waals surface area contributed by atoms with Gasteiger partial charge in [0.25, 0.3) is 0 Å². The van der Waals surface area contributed by atoms with Gasteiger partial charge in [-0.15, -0.1) is 10.2 Å². The van der Waals surface area contributed by atoms with E-state index in [9.17, 15) is 9.59 Å². The van der Waals surface area contributed by atoms with E-state index in [1.807, 2.05) is 19.1 Å². The van der Waals surface area contributed by atoms with Crippen molar-refractivity contribution in [1.82, 2.24) is 30.5 Å². The van der Waals surface area contributed by atoms with Gasteiger partial charge in [-0.2, -0.15) is 9.63 Å². The third-order valence-corrected chi connectivity index (χ3v) is 4.56. The molecule has 0 aliphatic heterocycles. The van der Waals surface area contributed by atoms with Gasteiger partial charge in [-0.3, -0.25) is 10.2 Å². The van der Waals surface area contributed by atoms with Gasteiger partial charge in [0.1, 0.15) is 6.54 Å². The highest BCUT2D eigenvalue weighted by atomic mass is 32.2. The number of hydrogen-bond donors (Lipinski definition) is 3. The summed E-state index contributed by atoms with van der Waals surface area (Å²) in [5, 5.41) is 14.3. The minimum Gasteiger partial charge on any atom is -0.493 e. The lowest BCUT2D eigenvalue weighted by molar-refractivity contribution is -0.111. The number of ether oxygens (including phenoxy) is 2. The van der Waals surface area contributed by atoms with E-state index in [0.717, 1.165) is 10.4 Å². The highest BCUT2D eigenvalue weighted by Crippen LogP contribution is 2.30. The number of rotatable bonds is 8. The van der Waals surface area contributed by atoms with Crippen LogP contribution < -0.4 is 25.0 Å². The molecule has 3 N–H and O–H groups in total. The number of nitrogens with zero attached hydrogens (tertiary/aromatic N) is 4. The number of urea groups is 1. The molecule has 3 aromatic rings. The Morgan fingerprint density at radius 3 is 2.52 bits per heavy atom. The van der Waals surface area contributed by atoms with Crippen LogP contribution in [-0.2, 0) is 11.3 Å². The number of carbonyl (C=O) groups is 2. The molecule has 31 heavy (non-hydrogen) atoms. The van der Waals surface area contributed by atoms with Crippen molar-refractivity contribution >= 4 is 28.8 Å². The van der Waals surface area contributed by atoms with Crippen molar-refractivity contribution in [2.45, 2.75) is 13.5 Å². The normalized spacial score (nSPS) is 10.4. The van der Waals surface area contributed by atoms with Crippen LogP contribution in [0.5, 0.6) is 11.5 Å². The van der Waals surface area contributed by atoms with Gasteiger partial charge in [-0.1, -0.05) is 17.7 Å². The molecule has 2 aromatic carbocycles. The van der Waals surface area contributed by atoms with Crippen LogP contribution in [0.25, 0.3) is 11.4 Å². The standard InChI is InChI=1S/C19H21N7O4S/c1-12-4-7-14(8-5-12)20-19(28)22-25-31-17(27)11-26-23-18(21-24-26)13-6-9-15(29-2)16(10-13)30-3/h4-10,25H,11H2,1-3H3,(H2,20,22,28). The maximum atomic E-state index is 12.1. The predicted molar refractivity (Wildman–Crippen MR) is 115 cm³/mol. The Morgan fingerprint density at radius 2 is 1.81 bits per heavy atom. The van der Waals surface area contributed by atoms with Crippen molar-refractivity contribution in [2.75, 3.05) is 19.5 Å². The second-order valence-electron chi connectivity index (χ2n) is 6.23. The van der Waals surface area contributed by atoms with Gasteiger partial charge < -0.3 is 14.8 Å². The number of hydrazine groups is 1. The molecule has 12 heteroatoms. The van der Waals surface area contributed by atoms with E-state index in [2.05, 4.69) is 31.0 Å². The maximum absolute atomic E-state index is 12.1. The fraction of sp³-hybridized carbons (Fsp3) is 0.211. The lowest BCUT2D eigenvalue weighted by atomic mass is 10.2. The quantitative estimate of drug-likeness (QED) is 0.354. The molecule has 0 radical (unpaired) electrons. The summed E-state index contributed by atoms with van der Waals surface area (Å²) in [6.07, 6.45) is 0. The van der Waals surface area contributed by atoms with Gasteiger partial charge in [0.05, 0.1) is 14.2 Å². The van der Waals surface area contributed by atoms with Crippen molar-refractivity contribution in [3.63, 3.8) is 0 Å². The number of benzene rings is 2. The summed E-state index contributed by atoms with van der Waals surface area (Å²) in [5.41, 5.74) is 4.75. The molecule has 1 heterocycles. The van der Waals surface area contributed by atoms with E-state index in [-0.39, 0.29) is 11.7 Å². The predicted octanol–water partition coefficient (Wildman–Crippen LogP) is 2.17. The van der Waals surface area contributed by atoms with E-state index in [0.29, 0.717) is 40.5 Å². The highest BCUT2D eigenvalue weighted by molar-refractivity contribution is 8.11. The van der Waals surface area contributed by atoms with Gasteiger partial charge in [0.15, 0.2) is 11.5 Å². The summed E-state index contributed by atoms with van der Waals surface area (Å²) in [5.74, 6) is 1.44. The Morgan fingerprint density at radius 1 is 1.06 bits per heavy atom. The fourth-order valence-corrected chi connectivity index (χ4v) is 2.91. The van der Waals surface area contributed by atoms with Crippen molar-refractivity contribution in [2.24, 2.45) is 0 Å². The van der Waals surface area contributed by atoms with Crippen LogP contribution in [-0.4, -0.2) is 45.6 Å². The third kappa shape index (κ3) is 6.17.